The van der Waals surface area contributed by atoms with Crippen LogP contribution in [0.2, 0.25) is 0 Å². The van der Waals surface area contributed by atoms with Crippen molar-refractivity contribution in [2.24, 2.45) is 0 Å². The molecule has 3 rings (SSSR count). The van der Waals surface area contributed by atoms with Crippen molar-refractivity contribution < 1.29 is 14.3 Å². The van der Waals surface area contributed by atoms with Crippen LogP contribution in [-0.2, 0) is 0 Å². The number of ether oxygens (including phenoxy) is 2. The van der Waals surface area contributed by atoms with Crippen LogP contribution in [0.25, 0.3) is 16.8 Å². The van der Waals surface area contributed by atoms with Crippen molar-refractivity contribution in [1.29, 1.82) is 0 Å². The number of methoxy groups -OCH3 is 2. The van der Waals surface area contributed by atoms with Gasteiger partial charge in [-0.1, -0.05) is 37.6 Å². The molecule has 0 aliphatic carbocycles. The summed E-state index contributed by atoms with van der Waals surface area (Å²) < 4.78 is 12.5. The lowest BCUT2D eigenvalue weighted by atomic mass is 10.1. The Bertz CT molecular complexity index is 935. The summed E-state index contributed by atoms with van der Waals surface area (Å²) in [6.07, 6.45) is 3.81. The van der Waals surface area contributed by atoms with Crippen molar-refractivity contribution in [3.05, 3.63) is 60.4 Å². The minimum absolute atomic E-state index is 0.187. The molecule has 3 aromatic rings. The topological polar surface area (TPSA) is 65.4 Å². The van der Waals surface area contributed by atoms with Gasteiger partial charge in [-0.25, -0.2) is 4.68 Å². The standard InChI is InChI=1S/C22H25N3O3/c1-4-5-13-23-22(26)21-18(15-25(24-21)17-9-7-6-8-10-17)16-11-12-19(27-2)20(14-16)28-3/h6-12,14-15H,4-5,13H2,1-3H3,(H,23,26). The Hall–Kier alpha value is -3.28. The average molecular weight is 379 g/mol. The molecular weight excluding hydrogens is 354 g/mol. The van der Waals surface area contributed by atoms with Gasteiger partial charge in [-0.15, -0.1) is 0 Å². The predicted molar refractivity (Wildman–Crippen MR) is 109 cm³/mol. The van der Waals surface area contributed by atoms with E-state index in [0.29, 0.717) is 23.7 Å². The number of nitrogens with zero attached hydrogens (tertiary/aromatic N) is 2. The van der Waals surface area contributed by atoms with Crippen molar-refractivity contribution in [2.75, 3.05) is 20.8 Å². The molecule has 0 saturated carbocycles. The molecule has 0 aliphatic heterocycles. The molecule has 28 heavy (non-hydrogen) atoms. The molecule has 1 heterocycles. The summed E-state index contributed by atoms with van der Waals surface area (Å²) in [6, 6.07) is 15.3. The molecule has 0 bridgehead atoms. The number of amides is 1. The first kappa shape index (κ1) is 19.5. The first-order chi connectivity index (χ1) is 13.7. The molecule has 6 nitrogen and oxygen atoms in total. The number of benzene rings is 2. The second kappa shape index (κ2) is 9.08. The summed E-state index contributed by atoms with van der Waals surface area (Å²) in [5, 5.41) is 7.52. The maximum atomic E-state index is 12.8. The maximum Gasteiger partial charge on any atom is 0.272 e. The molecule has 146 valence electrons. The van der Waals surface area contributed by atoms with Crippen LogP contribution < -0.4 is 14.8 Å². The smallest absolute Gasteiger partial charge is 0.272 e. The third-order valence-corrected chi connectivity index (χ3v) is 4.46. The monoisotopic (exact) mass is 379 g/mol. The van der Waals surface area contributed by atoms with Gasteiger partial charge in [0.15, 0.2) is 17.2 Å². The second-order valence-electron chi connectivity index (χ2n) is 6.35. The van der Waals surface area contributed by atoms with Crippen LogP contribution in [0.5, 0.6) is 11.5 Å². The van der Waals surface area contributed by atoms with Crippen LogP contribution in [-0.4, -0.2) is 36.5 Å². The number of nitrogens with one attached hydrogen (secondary N) is 1. The van der Waals surface area contributed by atoms with Crippen LogP contribution in [0.3, 0.4) is 0 Å². The third kappa shape index (κ3) is 4.17. The Kier molecular flexibility index (Phi) is 6.32. The van der Waals surface area contributed by atoms with Gasteiger partial charge in [-0.2, -0.15) is 5.10 Å². The van der Waals surface area contributed by atoms with E-state index < -0.39 is 0 Å². The van der Waals surface area contributed by atoms with Gasteiger partial charge in [0.1, 0.15) is 0 Å². The molecule has 0 atom stereocenters. The van der Waals surface area contributed by atoms with Gasteiger partial charge >= 0.3 is 0 Å². The fraction of sp³-hybridized carbons (Fsp3) is 0.273. The van der Waals surface area contributed by atoms with Crippen LogP contribution in [0.1, 0.15) is 30.3 Å². The quantitative estimate of drug-likeness (QED) is 0.599. The normalized spacial score (nSPS) is 10.5. The zero-order valence-electron chi connectivity index (χ0n) is 16.4. The van der Waals surface area contributed by atoms with E-state index in [1.54, 1.807) is 18.9 Å². The molecule has 1 aromatic heterocycles. The number of hydrogen-bond acceptors (Lipinski definition) is 4. The van der Waals surface area contributed by atoms with Gasteiger partial charge in [0.05, 0.1) is 19.9 Å². The number of rotatable bonds is 8. The number of carbonyl (C=O) groups is 1. The second-order valence-corrected chi connectivity index (χ2v) is 6.35. The summed E-state index contributed by atoms with van der Waals surface area (Å²) in [5.74, 6) is 1.05. The highest BCUT2D eigenvalue weighted by molar-refractivity contribution is 5.99. The van der Waals surface area contributed by atoms with E-state index >= 15 is 0 Å². The summed E-state index contributed by atoms with van der Waals surface area (Å²) in [5.41, 5.74) is 2.84. The Morgan fingerprint density at radius 3 is 2.50 bits per heavy atom. The van der Waals surface area contributed by atoms with Crippen LogP contribution in [0, 0.1) is 0 Å². The molecule has 0 aliphatic rings. The number of para-hydroxylation sites is 1. The van der Waals surface area contributed by atoms with Crippen molar-refractivity contribution in [3.63, 3.8) is 0 Å². The van der Waals surface area contributed by atoms with Gasteiger partial charge in [0, 0.05) is 18.3 Å². The van der Waals surface area contributed by atoms with Crippen molar-refractivity contribution >= 4 is 5.91 Å². The average Bonchev–Trinajstić information content (AvgIpc) is 3.19. The lowest BCUT2D eigenvalue weighted by Gasteiger charge is -2.09. The van der Waals surface area contributed by atoms with Gasteiger partial charge in [0.2, 0.25) is 0 Å². The Morgan fingerprint density at radius 1 is 1.07 bits per heavy atom. The van der Waals surface area contributed by atoms with E-state index in [-0.39, 0.29) is 5.91 Å². The van der Waals surface area contributed by atoms with E-state index in [9.17, 15) is 4.79 Å². The zero-order valence-corrected chi connectivity index (χ0v) is 16.4. The van der Waals surface area contributed by atoms with Crippen LogP contribution in [0.4, 0.5) is 0 Å². The fourth-order valence-electron chi connectivity index (χ4n) is 2.93. The highest BCUT2D eigenvalue weighted by atomic mass is 16.5. The number of unbranched alkanes of at least 4 members (excludes halogenated alkanes) is 1. The first-order valence-corrected chi connectivity index (χ1v) is 9.33. The highest BCUT2D eigenvalue weighted by Gasteiger charge is 2.20. The van der Waals surface area contributed by atoms with E-state index in [2.05, 4.69) is 17.3 Å². The molecule has 1 N–H and O–H groups in total. The lowest BCUT2D eigenvalue weighted by Crippen LogP contribution is -2.25. The summed E-state index contributed by atoms with van der Waals surface area (Å²) >= 11 is 0. The van der Waals surface area contributed by atoms with Gasteiger partial charge in [-0.3, -0.25) is 4.79 Å². The maximum absolute atomic E-state index is 12.8. The molecule has 6 heteroatoms. The van der Waals surface area contributed by atoms with Crippen molar-refractivity contribution in [1.82, 2.24) is 15.1 Å². The molecule has 0 unspecified atom stereocenters. The van der Waals surface area contributed by atoms with E-state index in [4.69, 9.17) is 9.47 Å². The number of carbonyl (C=O) groups excluding carboxylic acids is 1. The Balaban J connectivity index is 2.05. The molecule has 1 amide bonds. The minimum atomic E-state index is -0.187. The number of hydrogen-bond donors (Lipinski definition) is 1. The fourth-order valence-corrected chi connectivity index (χ4v) is 2.93. The van der Waals surface area contributed by atoms with E-state index in [1.807, 2.05) is 54.7 Å². The van der Waals surface area contributed by atoms with Gasteiger partial charge in [0.25, 0.3) is 5.91 Å². The lowest BCUT2D eigenvalue weighted by molar-refractivity contribution is 0.0948. The molecule has 0 spiro atoms. The Morgan fingerprint density at radius 2 is 1.82 bits per heavy atom. The van der Waals surface area contributed by atoms with Crippen LogP contribution in [0.15, 0.2) is 54.7 Å². The Labute approximate surface area is 165 Å². The summed E-state index contributed by atoms with van der Waals surface area (Å²) in [6.45, 7) is 2.71. The van der Waals surface area contributed by atoms with E-state index in [0.717, 1.165) is 29.7 Å². The van der Waals surface area contributed by atoms with E-state index in [1.165, 1.54) is 0 Å². The van der Waals surface area contributed by atoms with Crippen LogP contribution >= 0.6 is 0 Å². The largest absolute Gasteiger partial charge is 0.493 e. The molecular formula is C22H25N3O3. The summed E-state index contributed by atoms with van der Waals surface area (Å²) in [4.78, 5) is 12.8. The molecule has 2 aromatic carbocycles. The number of aromatic nitrogens is 2. The molecule has 0 fully saturated rings. The minimum Gasteiger partial charge on any atom is -0.493 e. The molecule has 0 saturated heterocycles. The predicted octanol–water partition coefficient (Wildman–Crippen LogP) is 4.09. The third-order valence-electron chi connectivity index (χ3n) is 4.46. The first-order valence-electron chi connectivity index (χ1n) is 9.33. The van der Waals surface area contributed by atoms with Crippen molar-refractivity contribution in [2.45, 2.75) is 19.8 Å². The highest BCUT2D eigenvalue weighted by Crippen LogP contribution is 2.34. The summed E-state index contributed by atoms with van der Waals surface area (Å²) in [7, 11) is 3.19. The van der Waals surface area contributed by atoms with Crippen molar-refractivity contribution in [3.8, 4) is 28.3 Å². The van der Waals surface area contributed by atoms with Gasteiger partial charge in [-0.05, 0) is 36.2 Å². The SMILES string of the molecule is CCCCNC(=O)c1nn(-c2ccccc2)cc1-c1ccc(OC)c(OC)c1. The molecule has 0 radical (unpaired) electrons. The zero-order chi connectivity index (χ0) is 19.9. The van der Waals surface area contributed by atoms with Gasteiger partial charge < -0.3 is 14.8 Å².